The summed E-state index contributed by atoms with van der Waals surface area (Å²) in [5.74, 6) is -1.57. The van der Waals surface area contributed by atoms with E-state index in [-0.39, 0.29) is 17.3 Å². The predicted molar refractivity (Wildman–Crippen MR) is 59.5 cm³/mol. The molecule has 0 unspecified atom stereocenters. The number of rotatable bonds is 3. The summed E-state index contributed by atoms with van der Waals surface area (Å²) in [7, 11) is 0. The number of aliphatic hydroxyl groups excluding tert-OH is 1. The first-order valence-corrected chi connectivity index (χ1v) is 5.00. The molecule has 1 heterocycles. The molecule has 2 rings (SSSR count). The van der Waals surface area contributed by atoms with Gasteiger partial charge in [-0.3, -0.25) is 0 Å². The molecule has 0 aliphatic rings. The van der Waals surface area contributed by atoms with E-state index in [0.717, 1.165) is 0 Å². The van der Waals surface area contributed by atoms with Crippen LogP contribution in [0.15, 0.2) is 28.7 Å². The highest BCUT2D eigenvalue weighted by molar-refractivity contribution is 5.86. The van der Waals surface area contributed by atoms with Crippen molar-refractivity contribution in [2.24, 2.45) is 0 Å². The minimum absolute atomic E-state index is 0.0261. The van der Waals surface area contributed by atoms with Gasteiger partial charge in [0, 0.05) is 5.56 Å². The van der Waals surface area contributed by atoms with Gasteiger partial charge in [0.15, 0.2) is 0 Å². The fraction of sp³-hybridized carbons (Fsp3) is 0.0833. The van der Waals surface area contributed by atoms with Crippen LogP contribution >= 0.6 is 0 Å². The molecule has 0 saturated heterocycles. The van der Waals surface area contributed by atoms with Crippen LogP contribution < -0.4 is 0 Å². The van der Waals surface area contributed by atoms with E-state index in [1.807, 2.05) is 6.07 Å². The normalized spacial score (nSPS) is 10.0. The summed E-state index contributed by atoms with van der Waals surface area (Å²) in [5.41, 5.74) is 0.990. The van der Waals surface area contributed by atoms with Crippen molar-refractivity contribution in [3.63, 3.8) is 0 Å². The van der Waals surface area contributed by atoms with Gasteiger partial charge < -0.3 is 14.6 Å². The molecule has 1 aromatic heterocycles. The zero-order valence-corrected chi connectivity index (χ0v) is 9.12. The molecule has 0 aliphatic carbocycles. The van der Waals surface area contributed by atoms with E-state index >= 15 is 0 Å². The van der Waals surface area contributed by atoms with Crippen LogP contribution in [0.4, 0.5) is 0 Å². The molecule has 0 radical (unpaired) electrons. The highest BCUT2D eigenvalue weighted by Gasteiger charge is 2.19. The largest absolute Gasteiger partial charge is 0.475 e. The van der Waals surface area contributed by atoms with E-state index in [2.05, 4.69) is 4.98 Å². The van der Waals surface area contributed by atoms with Gasteiger partial charge in [-0.15, -0.1) is 0 Å². The van der Waals surface area contributed by atoms with Crippen molar-refractivity contribution in [2.45, 2.75) is 6.61 Å². The topological polar surface area (TPSA) is 107 Å². The molecule has 0 saturated carbocycles. The third-order valence-corrected chi connectivity index (χ3v) is 2.30. The molecule has 1 aromatic carbocycles. The lowest BCUT2D eigenvalue weighted by atomic mass is 10.1. The minimum atomic E-state index is -1.29. The Morgan fingerprint density at radius 3 is 2.50 bits per heavy atom. The van der Waals surface area contributed by atoms with E-state index in [0.29, 0.717) is 11.1 Å². The third-order valence-electron chi connectivity index (χ3n) is 2.30. The molecule has 0 bridgehead atoms. The summed E-state index contributed by atoms with van der Waals surface area (Å²) >= 11 is 0. The van der Waals surface area contributed by atoms with Crippen LogP contribution in [0, 0.1) is 11.3 Å². The Hall–Kier alpha value is -2.65. The quantitative estimate of drug-likeness (QED) is 0.844. The van der Waals surface area contributed by atoms with Crippen molar-refractivity contribution >= 4 is 5.97 Å². The van der Waals surface area contributed by atoms with Gasteiger partial charge in [-0.05, 0) is 24.3 Å². The van der Waals surface area contributed by atoms with Crippen LogP contribution in [0.25, 0.3) is 11.5 Å². The van der Waals surface area contributed by atoms with Crippen molar-refractivity contribution < 1.29 is 19.4 Å². The number of carboxylic acids is 1. The van der Waals surface area contributed by atoms with Gasteiger partial charge in [0.05, 0.1) is 18.2 Å². The number of nitrogens with zero attached hydrogens (tertiary/aromatic N) is 2. The number of benzene rings is 1. The van der Waals surface area contributed by atoms with Crippen molar-refractivity contribution in [1.82, 2.24) is 4.98 Å². The van der Waals surface area contributed by atoms with Crippen molar-refractivity contribution in [2.75, 3.05) is 0 Å². The van der Waals surface area contributed by atoms with Gasteiger partial charge in [0.1, 0.15) is 5.69 Å². The summed E-state index contributed by atoms with van der Waals surface area (Å²) < 4.78 is 5.07. The van der Waals surface area contributed by atoms with Crippen LogP contribution in [-0.2, 0) is 6.61 Å². The predicted octanol–water partition coefficient (Wildman–Crippen LogP) is 1.40. The second-order valence-corrected chi connectivity index (χ2v) is 3.45. The summed E-state index contributed by atoms with van der Waals surface area (Å²) in [5, 5.41) is 26.5. The third kappa shape index (κ3) is 2.07. The van der Waals surface area contributed by atoms with Crippen LogP contribution in [0.1, 0.15) is 21.8 Å². The maximum Gasteiger partial charge on any atom is 0.373 e. The average Bonchev–Trinajstić information content (AvgIpc) is 2.83. The van der Waals surface area contributed by atoms with E-state index in [4.69, 9.17) is 19.9 Å². The molecule has 2 aromatic rings. The van der Waals surface area contributed by atoms with Gasteiger partial charge in [0.2, 0.25) is 11.7 Å². The molecule has 0 fully saturated rings. The van der Waals surface area contributed by atoms with Crippen LogP contribution in [0.2, 0.25) is 0 Å². The van der Waals surface area contributed by atoms with Gasteiger partial charge in [-0.1, -0.05) is 0 Å². The highest BCUT2D eigenvalue weighted by atomic mass is 16.4. The number of nitriles is 1. The molecule has 0 atom stereocenters. The Labute approximate surface area is 102 Å². The zero-order chi connectivity index (χ0) is 13.1. The lowest BCUT2D eigenvalue weighted by Gasteiger charge is -1.94. The number of carbonyl (C=O) groups is 1. The van der Waals surface area contributed by atoms with E-state index in [1.165, 1.54) is 0 Å². The number of aliphatic hydroxyl groups is 1. The summed E-state index contributed by atoms with van der Waals surface area (Å²) in [6, 6.07) is 8.29. The van der Waals surface area contributed by atoms with E-state index in [1.54, 1.807) is 24.3 Å². The number of oxazole rings is 1. The molecule has 90 valence electrons. The molecule has 6 nitrogen and oxygen atoms in total. The second kappa shape index (κ2) is 4.69. The Kier molecular flexibility index (Phi) is 3.08. The molecule has 2 N–H and O–H groups in total. The van der Waals surface area contributed by atoms with E-state index < -0.39 is 12.6 Å². The van der Waals surface area contributed by atoms with Crippen molar-refractivity contribution in [3.05, 3.63) is 41.3 Å². The van der Waals surface area contributed by atoms with Crippen LogP contribution in [0.5, 0.6) is 0 Å². The molecule has 6 heteroatoms. The number of hydrogen-bond donors (Lipinski definition) is 2. The zero-order valence-electron chi connectivity index (χ0n) is 9.12. The lowest BCUT2D eigenvalue weighted by molar-refractivity contribution is 0.0658. The Morgan fingerprint density at radius 2 is 2.06 bits per heavy atom. The molecule has 0 amide bonds. The monoisotopic (exact) mass is 244 g/mol. The van der Waals surface area contributed by atoms with E-state index in [9.17, 15) is 4.79 Å². The molecule has 0 spiro atoms. The first-order chi connectivity index (χ1) is 8.65. The average molecular weight is 244 g/mol. The number of aromatic carboxylic acids is 1. The minimum Gasteiger partial charge on any atom is -0.475 e. The lowest BCUT2D eigenvalue weighted by Crippen LogP contribution is -1.99. The number of carboxylic acid groups (broad SMARTS) is 1. The highest BCUT2D eigenvalue weighted by Crippen LogP contribution is 2.22. The van der Waals surface area contributed by atoms with Gasteiger partial charge in [0.25, 0.3) is 0 Å². The maximum absolute atomic E-state index is 10.8. The molecule has 0 aliphatic heterocycles. The fourth-order valence-corrected chi connectivity index (χ4v) is 1.44. The first kappa shape index (κ1) is 11.8. The van der Waals surface area contributed by atoms with Crippen LogP contribution in [0.3, 0.4) is 0 Å². The van der Waals surface area contributed by atoms with Gasteiger partial charge in [-0.25, -0.2) is 9.78 Å². The summed E-state index contributed by atoms with van der Waals surface area (Å²) in [4.78, 5) is 14.7. The molecular weight excluding hydrogens is 236 g/mol. The molecular formula is C12H8N2O4. The Bertz CT molecular complexity index is 623. The van der Waals surface area contributed by atoms with Crippen molar-refractivity contribution in [1.29, 1.82) is 5.26 Å². The SMILES string of the molecule is N#Cc1ccc(-c2nc(CO)c(C(=O)O)o2)cc1. The summed E-state index contributed by atoms with van der Waals surface area (Å²) in [6.45, 7) is -0.512. The van der Waals surface area contributed by atoms with Gasteiger partial charge >= 0.3 is 5.97 Å². The second-order valence-electron chi connectivity index (χ2n) is 3.45. The Balaban J connectivity index is 2.44. The van der Waals surface area contributed by atoms with Crippen LogP contribution in [-0.4, -0.2) is 21.2 Å². The maximum atomic E-state index is 10.8. The standard InChI is InChI=1S/C12H8N2O4/c13-5-7-1-3-8(4-2-7)11-14-9(6-15)10(18-11)12(16)17/h1-4,15H,6H2,(H,16,17). The smallest absolute Gasteiger partial charge is 0.373 e. The molecule has 18 heavy (non-hydrogen) atoms. The first-order valence-electron chi connectivity index (χ1n) is 5.00. The fourth-order valence-electron chi connectivity index (χ4n) is 1.44. The number of hydrogen-bond acceptors (Lipinski definition) is 5. The number of aromatic nitrogens is 1. The van der Waals surface area contributed by atoms with Crippen molar-refractivity contribution in [3.8, 4) is 17.5 Å². The summed E-state index contributed by atoms with van der Waals surface area (Å²) in [6.07, 6.45) is 0. The Morgan fingerprint density at radius 1 is 1.39 bits per heavy atom. The van der Waals surface area contributed by atoms with Gasteiger partial charge in [-0.2, -0.15) is 5.26 Å².